The van der Waals surface area contributed by atoms with Crippen molar-refractivity contribution in [3.8, 4) is 0 Å². The Labute approximate surface area is 202 Å². The molecule has 0 spiro atoms. The van der Waals surface area contributed by atoms with Crippen molar-refractivity contribution in [2.24, 2.45) is 5.10 Å². The van der Waals surface area contributed by atoms with Gasteiger partial charge in [-0.2, -0.15) is 10.1 Å². The molecule has 172 valence electrons. The molecule has 0 saturated carbocycles. The van der Waals surface area contributed by atoms with E-state index in [2.05, 4.69) is 5.10 Å². The Balaban J connectivity index is 1.69. The lowest BCUT2D eigenvalue weighted by molar-refractivity contribution is -0.384. The van der Waals surface area contributed by atoms with Crippen molar-refractivity contribution in [3.05, 3.63) is 78.2 Å². The fraction of sp³-hybridized carbons (Fsp3) is 0.174. The highest BCUT2D eigenvalue weighted by Crippen LogP contribution is 2.44. The zero-order valence-electron chi connectivity index (χ0n) is 18.5. The average molecular weight is 494 g/mol. The minimum absolute atomic E-state index is 0.132. The summed E-state index contributed by atoms with van der Waals surface area (Å²) in [5.74, 6) is -0.422. The molecule has 0 fully saturated rings. The van der Waals surface area contributed by atoms with Gasteiger partial charge in [-0.15, -0.1) is 11.3 Å². The van der Waals surface area contributed by atoms with Gasteiger partial charge in [0.15, 0.2) is 0 Å². The number of carbonyl (C=O) groups is 1. The first-order valence-corrected chi connectivity index (χ1v) is 12.1. The number of para-hydroxylation sites is 1. The number of amides is 1. The quantitative estimate of drug-likeness (QED) is 0.411. The first kappa shape index (κ1) is 22.1. The van der Waals surface area contributed by atoms with Crippen molar-refractivity contribution in [3.63, 3.8) is 0 Å². The van der Waals surface area contributed by atoms with E-state index >= 15 is 0 Å². The monoisotopic (exact) mass is 493 g/mol. The molecule has 0 atom stereocenters. The van der Waals surface area contributed by atoms with Gasteiger partial charge in [0.1, 0.15) is 14.2 Å². The molecular weight excluding hydrogens is 474 g/mol. The number of non-ortho nitro benzene ring substituents is 1. The minimum atomic E-state index is -0.517. The molecule has 0 unspecified atom stereocenters. The van der Waals surface area contributed by atoms with Crippen LogP contribution in [0.25, 0.3) is 10.6 Å². The maximum Gasteiger partial charge on any atom is 0.283 e. The van der Waals surface area contributed by atoms with Crippen LogP contribution < -0.4 is 24.7 Å². The largest absolute Gasteiger partial charge is 0.337 e. The molecule has 3 heterocycles. The molecule has 2 aliphatic heterocycles. The molecule has 0 aliphatic carbocycles. The van der Waals surface area contributed by atoms with Gasteiger partial charge in [0.25, 0.3) is 17.2 Å². The fourth-order valence-corrected chi connectivity index (χ4v) is 6.59. The number of hydrogen-bond acceptors (Lipinski definition) is 8. The number of rotatable bonds is 3. The summed E-state index contributed by atoms with van der Waals surface area (Å²) in [7, 11) is 1.92. The van der Waals surface area contributed by atoms with Crippen molar-refractivity contribution in [2.45, 2.75) is 25.3 Å². The molecule has 2 aliphatic rings. The second kappa shape index (κ2) is 8.26. The third-order valence-electron chi connectivity index (χ3n) is 5.65. The van der Waals surface area contributed by atoms with Gasteiger partial charge >= 0.3 is 0 Å². The second-order valence-corrected chi connectivity index (χ2v) is 9.70. The molecule has 34 heavy (non-hydrogen) atoms. The number of nitrogens with zero attached hydrogens (tertiary/aromatic N) is 5. The predicted octanol–water partition coefficient (Wildman–Crippen LogP) is 2.72. The van der Waals surface area contributed by atoms with Crippen LogP contribution in [0.1, 0.15) is 13.8 Å². The lowest BCUT2D eigenvalue weighted by Gasteiger charge is -2.11. The number of aromatic nitrogens is 1. The van der Waals surface area contributed by atoms with Crippen molar-refractivity contribution in [1.29, 1.82) is 0 Å². The number of benzene rings is 2. The van der Waals surface area contributed by atoms with Gasteiger partial charge in [-0.1, -0.05) is 30.0 Å². The van der Waals surface area contributed by atoms with E-state index in [1.54, 1.807) is 17.6 Å². The smallest absolute Gasteiger partial charge is 0.283 e. The normalized spacial score (nSPS) is 18.4. The molecule has 3 aromatic rings. The van der Waals surface area contributed by atoms with Crippen LogP contribution in [-0.2, 0) is 11.3 Å². The Morgan fingerprint density at radius 1 is 1.12 bits per heavy atom. The van der Waals surface area contributed by atoms with Gasteiger partial charge in [0.05, 0.1) is 27.6 Å². The summed E-state index contributed by atoms with van der Waals surface area (Å²) in [5, 5.41) is 17.5. The lowest BCUT2D eigenvalue weighted by atomic mass is 10.2. The Morgan fingerprint density at radius 2 is 1.88 bits per heavy atom. The summed E-state index contributed by atoms with van der Waals surface area (Å²) < 4.78 is 2.68. The van der Waals surface area contributed by atoms with Gasteiger partial charge in [-0.05, 0) is 32.0 Å². The molecule has 9 nitrogen and oxygen atoms in total. The van der Waals surface area contributed by atoms with E-state index in [1.165, 1.54) is 41.3 Å². The highest BCUT2D eigenvalue weighted by Gasteiger charge is 2.32. The van der Waals surface area contributed by atoms with E-state index in [9.17, 15) is 19.7 Å². The third-order valence-corrected chi connectivity index (χ3v) is 8.20. The molecule has 1 aromatic heterocycles. The summed E-state index contributed by atoms with van der Waals surface area (Å²) in [6.07, 6.45) is 0. The highest BCUT2D eigenvalue weighted by molar-refractivity contribution is 8.08. The van der Waals surface area contributed by atoms with Gasteiger partial charge in [-0.25, -0.2) is 0 Å². The zero-order valence-corrected chi connectivity index (χ0v) is 20.1. The number of carbonyl (C=O) groups excluding carboxylic acids is 1. The highest BCUT2D eigenvalue weighted by atomic mass is 32.2. The summed E-state index contributed by atoms with van der Waals surface area (Å²) in [6.45, 7) is 3.95. The molecular formula is C23H19N5O4S2. The summed E-state index contributed by atoms with van der Waals surface area (Å²) in [4.78, 5) is 40.5. The number of thiazole rings is 1. The SMILES string of the molecule is CCn1c(=C2C(=O)N(c3cccc([N+](=O)[O-])c3)N=C2C)sc(=C2Sc3ccccc3N2C)c1=O. The predicted molar refractivity (Wildman–Crippen MR) is 135 cm³/mol. The molecule has 0 N–H and O–H groups in total. The Morgan fingerprint density at radius 3 is 2.59 bits per heavy atom. The maximum absolute atomic E-state index is 13.4. The maximum atomic E-state index is 13.4. The van der Waals surface area contributed by atoms with Crippen molar-refractivity contribution in [1.82, 2.24) is 4.57 Å². The first-order valence-electron chi connectivity index (χ1n) is 10.4. The average Bonchev–Trinajstić information content (AvgIpc) is 3.44. The van der Waals surface area contributed by atoms with Gasteiger partial charge in [0, 0.05) is 30.6 Å². The zero-order chi connectivity index (χ0) is 24.1. The first-order chi connectivity index (χ1) is 16.3. The third kappa shape index (κ3) is 3.35. The Bertz CT molecular complexity index is 1590. The second-order valence-electron chi connectivity index (χ2n) is 7.67. The number of anilines is 2. The van der Waals surface area contributed by atoms with Crippen LogP contribution in [0.3, 0.4) is 0 Å². The fourth-order valence-electron chi connectivity index (χ4n) is 3.99. The van der Waals surface area contributed by atoms with Crippen LogP contribution in [0.5, 0.6) is 0 Å². The van der Waals surface area contributed by atoms with E-state index in [0.29, 0.717) is 32.7 Å². The number of thioether (sulfide) groups is 1. The molecule has 2 aromatic carbocycles. The number of fused-ring (bicyclic) bond motifs is 1. The van der Waals surface area contributed by atoms with E-state index < -0.39 is 10.8 Å². The van der Waals surface area contributed by atoms with Crippen LogP contribution in [0.15, 0.2) is 63.3 Å². The summed E-state index contributed by atoms with van der Waals surface area (Å²) in [6, 6.07) is 13.7. The number of hydrazone groups is 1. The van der Waals surface area contributed by atoms with Crippen molar-refractivity contribution < 1.29 is 9.72 Å². The van der Waals surface area contributed by atoms with Gasteiger partial charge in [0.2, 0.25) is 0 Å². The number of nitro groups is 1. The van der Waals surface area contributed by atoms with E-state index in [1.807, 2.05) is 43.1 Å². The van der Waals surface area contributed by atoms with Crippen LogP contribution in [-0.4, -0.2) is 28.2 Å². The van der Waals surface area contributed by atoms with E-state index in [-0.39, 0.29) is 11.2 Å². The van der Waals surface area contributed by atoms with Crippen molar-refractivity contribution in [2.75, 3.05) is 17.0 Å². The standard InChI is InChI=1S/C23H19N5O4S2/c1-4-26-21(30)19(23-25(3)16-10-5-6-11-17(16)33-23)34-22(26)18-13(2)24-27(20(18)29)14-8-7-9-15(12-14)28(31)32/h5-12H,4H2,1-3H3. The lowest BCUT2D eigenvalue weighted by Crippen LogP contribution is -2.35. The minimum Gasteiger partial charge on any atom is -0.337 e. The van der Waals surface area contributed by atoms with E-state index in [0.717, 1.165) is 20.6 Å². The van der Waals surface area contributed by atoms with Crippen LogP contribution in [0.2, 0.25) is 0 Å². The summed E-state index contributed by atoms with van der Waals surface area (Å²) >= 11 is 2.80. The van der Waals surface area contributed by atoms with Gasteiger partial charge < -0.3 is 4.90 Å². The molecule has 0 radical (unpaired) electrons. The molecule has 0 saturated heterocycles. The van der Waals surface area contributed by atoms with Crippen LogP contribution in [0.4, 0.5) is 17.1 Å². The van der Waals surface area contributed by atoms with Crippen molar-refractivity contribution >= 4 is 62.4 Å². The van der Waals surface area contributed by atoms with Crippen LogP contribution in [0, 0.1) is 10.1 Å². The Hall–Kier alpha value is -3.70. The number of nitro benzene ring substituents is 1. The topological polar surface area (TPSA) is 101 Å². The Kier molecular flexibility index (Phi) is 5.37. The molecule has 1 amide bonds. The van der Waals surface area contributed by atoms with Gasteiger partial charge in [-0.3, -0.25) is 24.3 Å². The molecule has 11 heteroatoms. The van der Waals surface area contributed by atoms with Crippen LogP contribution >= 0.6 is 23.1 Å². The van der Waals surface area contributed by atoms with E-state index in [4.69, 9.17) is 0 Å². The summed E-state index contributed by atoms with van der Waals surface area (Å²) in [5.41, 5.74) is 1.81. The number of hydrogen-bond donors (Lipinski definition) is 0. The molecule has 5 rings (SSSR count). The molecule has 0 bridgehead atoms.